The van der Waals surface area contributed by atoms with Gasteiger partial charge in [0.25, 0.3) is 0 Å². The zero-order valence-corrected chi connectivity index (χ0v) is 10.2. The number of nitrogens with one attached hydrogen (secondary N) is 1. The van der Waals surface area contributed by atoms with Crippen LogP contribution < -0.4 is 5.73 Å². The van der Waals surface area contributed by atoms with Gasteiger partial charge < -0.3 is 5.73 Å². The lowest BCUT2D eigenvalue weighted by atomic mass is 10.0. The second-order valence-corrected chi connectivity index (χ2v) is 3.72. The number of nitrogens with two attached hydrogens (primary N) is 1. The Morgan fingerprint density at radius 2 is 1.72 bits per heavy atom. The van der Waals surface area contributed by atoms with E-state index in [9.17, 15) is 13.2 Å². The van der Waals surface area contributed by atoms with Crippen LogP contribution in [0.4, 0.5) is 19.0 Å². The number of hydrogen-bond donors (Lipinski definition) is 2. The first-order valence-electron chi connectivity index (χ1n) is 4.87. The van der Waals surface area contributed by atoms with Crippen LogP contribution in [0, 0.1) is 6.92 Å². The molecular formula is C11H11ClF3N3. The lowest BCUT2D eigenvalue weighted by Gasteiger charge is -2.07. The third kappa shape index (κ3) is 2.59. The molecule has 1 aromatic heterocycles. The Morgan fingerprint density at radius 1 is 1.17 bits per heavy atom. The van der Waals surface area contributed by atoms with E-state index in [1.165, 1.54) is 0 Å². The van der Waals surface area contributed by atoms with Gasteiger partial charge in [-0.2, -0.15) is 18.3 Å². The maximum atomic E-state index is 12.7. The molecule has 3 N–H and O–H groups in total. The SMILES string of the molecule is Cc1ccc(-c2c(N)n[nH]c2C(F)(F)F)cc1.Cl. The van der Waals surface area contributed by atoms with Crippen LogP contribution in [0.1, 0.15) is 11.3 Å². The molecule has 0 unspecified atom stereocenters. The van der Waals surface area contributed by atoms with Crippen molar-refractivity contribution in [3.8, 4) is 11.1 Å². The Kier molecular flexibility index (Phi) is 3.91. The van der Waals surface area contributed by atoms with E-state index < -0.39 is 11.9 Å². The number of benzene rings is 1. The van der Waals surface area contributed by atoms with Crippen molar-refractivity contribution in [2.45, 2.75) is 13.1 Å². The Labute approximate surface area is 108 Å². The van der Waals surface area contributed by atoms with Crippen molar-refractivity contribution in [3.63, 3.8) is 0 Å². The number of aromatic amines is 1. The number of alkyl halides is 3. The van der Waals surface area contributed by atoms with Crippen LogP contribution >= 0.6 is 12.4 Å². The smallest absolute Gasteiger partial charge is 0.382 e. The molecule has 0 aliphatic rings. The molecule has 0 saturated carbocycles. The molecule has 1 aromatic carbocycles. The zero-order valence-electron chi connectivity index (χ0n) is 9.38. The first kappa shape index (κ1) is 14.4. The summed E-state index contributed by atoms with van der Waals surface area (Å²) >= 11 is 0. The molecule has 0 radical (unpaired) electrons. The molecule has 0 aliphatic heterocycles. The third-order valence-electron chi connectivity index (χ3n) is 2.42. The van der Waals surface area contributed by atoms with Crippen molar-refractivity contribution in [2.75, 3.05) is 5.73 Å². The molecule has 2 rings (SSSR count). The summed E-state index contributed by atoms with van der Waals surface area (Å²) in [7, 11) is 0. The van der Waals surface area contributed by atoms with Gasteiger partial charge in [0.1, 0.15) is 5.69 Å². The van der Waals surface area contributed by atoms with E-state index in [1.807, 2.05) is 12.0 Å². The fraction of sp³-hybridized carbons (Fsp3) is 0.182. The van der Waals surface area contributed by atoms with Crippen molar-refractivity contribution >= 4 is 18.2 Å². The van der Waals surface area contributed by atoms with Crippen molar-refractivity contribution in [1.29, 1.82) is 0 Å². The lowest BCUT2D eigenvalue weighted by Crippen LogP contribution is -2.07. The first-order chi connectivity index (χ1) is 7.89. The number of aryl methyl sites for hydroxylation is 1. The van der Waals surface area contributed by atoms with Gasteiger partial charge >= 0.3 is 6.18 Å². The molecule has 3 nitrogen and oxygen atoms in total. The number of H-pyrrole nitrogens is 1. The van der Waals surface area contributed by atoms with Crippen molar-refractivity contribution in [2.24, 2.45) is 0 Å². The predicted molar refractivity (Wildman–Crippen MR) is 65.4 cm³/mol. The molecule has 98 valence electrons. The molecule has 18 heavy (non-hydrogen) atoms. The molecule has 0 atom stereocenters. The van der Waals surface area contributed by atoms with Gasteiger partial charge in [0.15, 0.2) is 5.82 Å². The van der Waals surface area contributed by atoms with Crippen molar-refractivity contribution in [1.82, 2.24) is 10.2 Å². The molecule has 0 fully saturated rings. The normalized spacial score (nSPS) is 11.1. The van der Waals surface area contributed by atoms with Crippen molar-refractivity contribution < 1.29 is 13.2 Å². The molecule has 7 heteroatoms. The molecule has 0 bridgehead atoms. The fourth-order valence-corrected chi connectivity index (χ4v) is 1.57. The molecule has 2 aromatic rings. The molecular weight excluding hydrogens is 267 g/mol. The van der Waals surface area contributed by atoms with E-state index in [0.717, 1.165) is 5.56 Å². The van der Waals surface area contributed by atoms with Crippen LogP contribution in [0.15, 0.2) is 24.3 Å². The summed E-state index contributed by atoms with van der Waals surface area (Å²) in [6.07, 6.45) is -4.50. The number of anilines is 1. The van der Waals surface area contributed by atoms with Crippen LogP contribution in [-0.4, -0.2) is 10.2 Å². The van der Waals surface area contributed by atoms with Crippen LogP contribution in [0.25, 0.3) is 11.1 Å². The first-order valence-corrected chi connectivity index (χ1v) is 4.87. The molecule has 1 heterocycles. The van der Waals surface area contributed by atoms with Crippen LogP contribution in [0.2, 0.25) is 0 Å². The summed E-state index contributed by atoms with van der Waals surface area (Å²) in [5.41, 5.74) is 5.81. The molecule has 0 amide bonds. The molecule has 0 saturated heterocycles. The molecule has 0 spiro atoms. The van der Waals surface area contributed by atoms with E-state index in [2.05, 4.69) is 5.10 Å². The van der Waals surface area contributed by atoms with Gasteiger partial charge in [0, 0.05) is 0 Å². The highest BCUT2D eigenvalue weighted by molar-refractivity contribution is 5.85. The summed E-state index contributed by atoms with van der Waals surface area (Å²) in [6, 6.07) is 6.63. The van der Waals surface area contributed by atoms with Crippen LogP contribution in [0.5, 0.6) is 0 Å². The standard InChI is InChI=1S/C11H10F3N3.ClH/c1-6-2-4-7(5-3-6)8-9(11(12,13)14)16-17-10(8)15;/h2-5H,1H3,(H3,15,16,17);1H. The summed E-state index contributed by atoms with van der Waals surface area (Å²) in [5.74, 6) is -0.152. The maximum absolute atomic E-state index is 12.7. The predicted octanol–water partition coefficient (Wildman–Crippen LogP) is 3.41. The van der Waals surface area contributed by atoms with E-state index in [0.29, 0.717) is 5.56 Å². The number of rotatable bonds is 1. The van der Waals surface area contributed by atoms with Gasteiger partial charge in [0.2, 0.25) is 0 Å². The van der Waals surface area contributed by atoms with E-state index >= 15 is 0 Å². The Bertz CT molecular complexity index is 531. The van der Waals surface area contributed by atoms with Gasteiger partial charge in [-0.1, -0.05) is 29.8 Å². The Hall–Kier alpha value is -1.69. The second kappa shape index (κ2) is 4.89. The van der Waals surface area contributed by atoms with Gasteiger partial charge in [-0.25, -0.2) is 0 Å². The largest absolute Gasteiger partial charge is 0.433 e. The number of halogens is 4. The van der Waals surface area contributed by atoms with Crippen molar-refractivity contribution in [3.05, 3.63) is 35.5 Å². The quantitative estimate of drug-likeness (QED) is 0.839. The maximum Gasteiger partial charge on any atom is 0.433 e. The summed E-state index contributed by atoms with van der Waals surface area (Å²) < 4.78 is 38.1. The Morgan fingerprint density at radius 3 is 2.22 bits per heavy atom. The van der Waals surface area contributed by atoms with Crippen LogP contribution in [-0.2, 0) is 6.18 Å². The third-order valence-corrected chi connectivity index (χ3v) is 2.42. The highest BCUT2D eigenvalue weighted by Crippen LogP contribution is 2.38. The highest BCUT2D eigenvalue weighted by atomic mass is 35.5. The number of nitrogen functional groups attached to an aromatic ring is 1. The monoisotopic (exact) mass is 277 g/mol. The highest BCUT2D eigenvalue weighted by Gasteiger charge is 2.37. The minimum absolute atomic E-state index is 0. The topological polar surface area (TPSA) is 54.7 Å². The zero-order chi connectivity index (χ0) is 12.6. The summed E-state index contributed by atoms with van der Waals surface area (Å²) in [6.45, 7) is 1.85. The van der Waals surface area contributed by atoms with Gasteiger partial charge in [-0.15, -0.1) is 12.4 Å². The number of hydrogen-bond acceptors (Lipinski definition) is 2. The number of nitrogens with zero attached hydrogens (tertiary/aromatic N) is 1. The second-order valence-electron chi connectivity index (χ2n) is 3.72. The average Bonchev–Trinajstić information content (AvgIpc) is 2.61. The fourth-order valence-electron chi connectivity index (χ4n) is 1.57. The molecule has 0 aliphatic carbocycles. The van der Waals surface area contributed by atoms with Gasteiger partial charge in [0.05, 0.1) is 5.56 Å². The average molecular weight is 278 g/mol. The Balaban J connectivity index is 0.00000162. The van der Waals surface area contributed by atoms with Crippen LogP contribution in [0.3, 0.4) is 0 Å². The minimum atomic E-state index is -4.50. The van der Waals surface area contributed by atoms with Gasteiger partial charge in [-0.05, 0) is 12.5 Å². The minimum Gasteiger partial charge on any atom is -0.382 e. The number of aromatic nitrogens is 2. The van der Waals surface area contributed by atoms with E-state index in [-0.39, 0.29) is 23.8 Å². The summed E-state index contributed by atoms with van der Waals surface area (Å²) in [4.78, 5) is 0. The summed E-state index contributed by atoms with van der Waals surface area (Å²) in [5, 5.41) is 5.34. The van der Waals surface area contributed by atoms with Gasteiger partial charge in [-0.3, -0.25) is 5.10 Å². The lowest BCUT2D eigenvalue weighted by molar-refractivity contribution is -0.140. The van der Waals surface area contributed by atoms with E-state index in [4.69, 9.17) is 5.73 Å². The van der Waals surface area contributed by atoms with E-state index in [1.54, 1.807) is 24.3 Å².